The quantitative estimate of drug-likeness (QED) is 0.805. The second kappa shape index (κ2) is 7.03. The lowest BCUT2D eigenvalue weighted by atomic mass is 9.99. The van der Waals surface area contributed by atoms with Crippen LogP contribution >= 0.6 is 0 Å². The highest BCUT2D eigenvalue weighted by Crippen LogP contribution is 2.31. The first-order valence-corrected chi connectivity index (χ1v) is 10.1. The average molecular weight is 388 g/mol. The molecule has 2 aliphatic heterocycles. The van der Waals surface area contributed by atoms with E-state index in [0.717, 1.165) is 31.9 Å². The highest BCUT2D eigenvalue weighted by Gasteiger charge is 2.26. The molecule has 0 aliphatic carbocycles. The molecule has 0 unspecified atom stereocenters. The molecule has 9 nitrogen and oxygen atoms in total. The highest BCUT2D eigenvalue weighted by atomic mass is 32.2. The van der Waals surface area contributed by atoms with Gasteiger partial charge in [0.15, 0.2) is 5.84 Å². The summed E-state index contributed by atoms with van der Waals surface area (Å²) in [5.74, 6) is 1.48. The molecule has 2 aliphatic rings. The standard InChI is InChI=1S/C17H20N6O3S/c18-16-15-13(21-27(24,25)22-16)5-1-6-14(15)26-11-12-4-2-9-23(10-12)17-19-7-3-8-20-17/h1,3,5-8,12,21H,2,4,9-11H2,(H2,18,22)/t12-/m0/s1. The van der Waals surface area contributed by atoms with Crippen LogP contribution in [0.15, 0.2) is 41.1 Å². The summed E-state index contributed by atoms with van der Waals surface area (Å²) in [6.07, 6.45) is 5.54. The van der Waals surface area contributed by atoms with Crippen LogP contribution in [0.5, 0.6) is 5.75 Å². The third-order valence-electron chi connectivity index (χ3n) is 4.57. The molecule has 0 saturated carbocycles. The number of nitrogens with two attached hydrogens (primary N) is 1. The Morgan fingerprint density at radius 3 is 2.89 bits per heavy atom. The number of rotatable bonds is 4. The summed E-state index contributed by atoms with van der Waals surface area (Å²) in [6, 6.07) is 6.92. The zero-order valence-corrected chi connectivity index (χ0v) is 15.4. The predicted molar refractivity (Wildman–Crippen MR) is 102 cm³/mol. The fourth-order valence-electron chi connectivity index (χ4n) is 3.38. The smallest absolute Gasteiger partial charge is 0.344 e. The van der Waals surface area contributed by atoms with E-state index in [9.17, 15) is 8.42 Å². The Balaban J connectivity index is 1.47. The van der Waals surface area contributed by atoms with E-state index >= 15 is 0 Å². The van der Waals surface area contributed by atoms with E-state index in [1.165, 1.54) is 0 Å². The molecule has 0 spiro atoms. The van der Waals surface area contributed by atoms with Gasteiger partial charge in [0.2, 0.25) is 5.95 Å². The Morgan fingerprint density at radius 1 is 1.26 bits per heavy atom. The highest BCUT2D eigenvalue weighted by molar-refractivity contribution is 7.91. The minimum Gasteiger partial charge on any atom is -0.492 e. The Labute approximate surface area is 157 Å². The maximum absolute atomic E-state index is 11.7. The zero-order chi connectivity index (χ0) is 18.9. The van der Waals surface area contributed by atoms with Gasteiger partial charge >= 0.3 is 10.2 Å². The van der Waals surface area contributed by atoms with Crippen molar-refractivity contribution in [1.82, 2.24) is 9.97 Å². The Hall–Kier alpha value is -2.88. The number of ether oxygens (including phenoxy) is 1. The summed E-state index contributed by atoms with van der Waals surface area (Å²) in [6.45, 7) is 2.21. The van der Waals surface area contributed by atoms with Crippen LogP contribution in [0.3, 0.4) is 0 Å². The molecule has 0 bridgehead atoms. The summed E-state index contributed by atoms with van der Waals surface area (Å²) in [5, 5.41) is 0. The molecule has 1 aromatic carbocycles. The van der Waals surface area contributed by atoms with Gasteiger partial charge in [0.1, 0.15) is 5.75 Å². The molecule has 2 aromatic rings. The van der Waals surface area contributed by atoms with E-state index in [1.807, 2.05) is 0 Å². The van der Waals surface area contributed by atoms with Gasteiger partial charge in [0.25, 0.3) is 0 Å². The summed E-state index contributed by atoms with van der Waals surface area (Å²) >= 11 is 0. The number of piperidine rings is 1. The van der Waals surface area contributed by atoms with Gasteiger partial charge < -0.3 is 15.4 Å². The number of nitrogens with zero attached hydrogens (tertiary/aromatic N) is 4. The van der Waals surface area contributed by atoms with Crippen molar-refractivity contribution in [2.45, 2.75) is 12.8 Å². The van der Waals surface area contributed by atoms with Crippen LogP contribution in [-0.4, -0.2) is 43.9 Å². The van der Waals surface area contributed by atoms with Crippen molar-refractivity contribution in [1.29, 1.82) is 0 Å². The third kappa shape index (κ3) is 3.80. The first kappa shape index (κ1) is 17.5. The van der Waals surface area contributed by atoms with E-state index < -0.39 is 10.2 Å². The first-order valence-electron chi connectivity index (χ1n) is 8.68. The molecule has 0 amide bonds. The van der Waals surface area contributed by atoms with Gasteiger partial charge in [-0.2, -0.15) is 8.42 Å². The van der Waals surface area contributed by atoms with Crippen molar-refractivity contribution in [3.05, 3.63) is 42.2 Å². The maximum atomic E-state index is 11.7. The van der Waals surface area contributed by atoms with Crippen molar-refractivity contribution >= 4 is 27.7 Å². The molecule has 27 heavy (non-hydrogen) atoms. The Kier molecular flexibility index (Phi) is 4.56. The van der Waals surface area contributed by atoms with Gasteiger partial charge in [-0.3, -0.25) is 4.72 Å². The molecular weight excluding hydrogens is 368 g/mol. The topological polar surface area (TPSA) is 123 Å². The van der Waals surface area contributed by atoms with Crippen LogP contribution in [0.2, 0.25) is 0 Å². The van der Waals surface area contributed by atoms with E-state index in [1.54, 1.807) is 36.7 Å². The normalized spacial score (nSPS) is 21.0. The fourth-order valence-corrected chi connectivity index (χ4v) is 4.23. The molecule has 1 aromatic heterocycles. The maximum Gasteiger partial charge on any atom is 0.344 e. The lowest BCUT2D eigenvalue weighted by Crippen LogP contribution is -2.38. The Morgan fingerprint density at radius 2 is 2.07 bits per heavy atom. The molecule has 3 N–H and O–H groups in total. The van der Waals surface area contributed by atoms with Crippen molar-refractivity contribution in [3.8, 4) is 5.75 Å². The summed E-state index contributed by atoms with van der Waals surface area (Å²) < 4.78 is 35.2. The summed E-state index contributed by atoms with van der Waals surface area (Å²) in [4.78, 5) is 10.8. The molecule has 142 valence electrons. The van der Waals surface area contributed by atoms with E-state index in [0.29, 0.717) is 29.5 Å². The van der Waals surface area contributed by atoms with Crippen LogP contribution < -0.4 is 20.1 Å². The molecule has 1 atom stereocenters. The van der Waals surface area contributed by atoms with Gasteiger partial charge in [0, 0.05) is 31.4 Å². The van der Waals surface area contributed by atoms with Gasteiger partial charge in [-0.15, -0.1) is 4.40 Å². The summed E-state index contributed by atoms with van der Waals surface area (Å²) in [7, 11) is -3.80. The number of amidine groups is 1. The number of hydrogen-bond donors (Lipinski definition) is 2. The average Bonchev–Trinajstić information content (AvgIpc) is 2.66. The van der Waals surface area contributed by atoms with Gasteiger partial charge in [-0.1, -0.05) is 6.07 Å². The third-order valence-corrected chi connectivity index (χ3v) is 5.48. The zero-order valence-electron chi connectivity index (χ0n) is 14.6. The predicted octanol–water partition coefficient (Wildman–Crippen LogP) is 1.15. The van der Waals surface area contributed by atoms with Crippen LogP contribution in [0.25, 0.3) is 0 Å². The second-order valence-corrected chi connectivity index (χ2v) is 7.88. The first-order chi connectivity index (χ1) is 13.0. The monoisotopic (exact) mass is 388 g/mol. The number of anilines is 2. The van der Waals surface area contributed by atoms with Crippen LogP contribution in [0.4, 0.5) is 11.6 Å². The molecule has 10 heteroatoms. The molecule has 1 saturated heterocycles. The fraction of sp³-hybridized carbons (Fsp3) is 0.353. The van der Waals surface area contributed by atoms with Crippen LogP contribution in [-0.2, 0) is 10.2 Å². The number of benzene rings is 1. The molecule has 1 fully saturated rings. The number of nitrogens with one attached hydrogen (secondary N) is 1. The molecule has 0 radical (unpaired) electrons. The van der Waals surface area contributed by atoms with E-state index in [4.69, 9.17) is 10.5 Å². The number of hydrogen-bond acceptors (Lipinski definition) is 7. The van der Waals surface area contributed by atoms with Gasteiger partial charge in [-0.05, 0) is 31.0 Å². The van der Waals surface area contributed by atoms with Gasteiger partial charge in [0.05, 0.1) is 17.9 Å². The van der Waals surface area contributed by atoms with E-state index in [2.05, 4.69) is 24.0 Å². The minimum absolute atomic E-state index is 0.0673. The summed E-state index contributed by atoms with van der Waals surface area (Å²) in [5.41, 5.74) is 6.71. The van der Waals surface area contributed by atoms with Gasteiger partial charge in [-0.25, -0.2) is 9.97 Å². The second-order valence-electron chi connectivity index (χ2n) is 6.55. The lowest BCUT2D eigenvalue weighted by molar-refractivity contribution is 0.228. The lowest BCUT2D eigenvalue weighted by Gasteiger charge is -2.32. The Bertz CT molecular complexity index is 964. The number of fused-ring (bicyclic) bond motifs is 1. The minimum atomic E-state index is -3.80. The van der Waals surface area contributed by atoms with Crippen molar-refractivity contribution in [2.75, 3.05) is 29.3 Å². The van der Waals surface area contributed by atoms with Crippen LogP contribution in [0.1, 0.15) is 18.4 Å². The largest absolute Gasteiger partial charge is 0.492 e. The van der Waals surface area contributed by atoms with Crippen LogP contribution in [0, 0.1) is 5.92 Å². The SMILES string of the molecule is NC1=NS(=O)(=O)Nc2cccc(OC[C@H]3CCCN(c4ncccn4)C3)c21. The van der Waals surface area contributed by atoms with Crippen molar-refractivity contribution in [2.24, 2.45) is 16.0 Å². The molecular formula is C17H20N6O3S. The van der Waals surface area contributed by atoms with Crippen molar-refractivity contribution < 1.29 is 13.2 Å². The number of aromatic nitrogens is 2. The molecule has 4 rings (SSSR count). The van der Waals surface area contributed by atoms with Crippen molar-refractivity contribution in [3.63, 3.8) is 0 Å². The van der Waals surface area contributed by atoms with E-state index in [-0.39, 0.29) is 5.84 Å². The molecule has 3 heterocycles.